The Balaban J connectivity index is 1.49. The number of anilines is 1. The van der Waals surface area contributed by atoms with Crippen LogP contribution < -0.4 is 10.1 Å². The third-order valence-corrected chi connectivity index (χ3v) is 6.47. The average molecular weight is 365 g/mol. The number of nitrogens with one attached hydrogen (secondary N) is 1. The molecule has 0 atom stereocenters. The second-order valence-corrected chi connectivity index (χ2v) is 8.45. The van der Waals surface area contributed by atoms with E-state index in [0.717, 1.165) is 27.0 Å². The zero-order valence-corrected chi connectivity index (χ0v) is 15.7. The maximum Gasteiger partial charge on any atom is 0.226 e. The molecule has 6 heteroatoms. The minimum atomic E-state index is 0.0578. The van der Waals surface area contributed by atoms with Crippen LogP contribution in [0, 0.1) is 0 Å². The van der Waals surface area contributed by atoms with Gasteiger partial charge < -0.3 is 10.1 Å². The molecule has 24 heavy (non-hydrogen) atoms. The smallest absolute Gasteiger partial charge is 0.226 e. The lowest BCUT2D eigenvalue weighted by atomic mass is 10.0. The molecule has 0 aliphatic heterocycles. The molecule has 0 radical (unpaired) electrons. The molecule has 0 saturated heterocycles. The lowest BCUT2D eigenvalue weighted by Gasteiger charge is -2.20. The quantitative estimate of drug-likeness (QED) is 0.743. The highest BCUT2D eigenvalue weighted by molar-refractivity contribution is 7.99. The minimum absolute atomic E-state index is 0.0578. The fraction of sp³-hybridized carbons (Fsp3) is 0.556. The summed E-state index contributed by atoms with van der Waals surface area (Å²) in [5.74, 6) is 1.80. The van der Waals surface area contributed by atoms with Gasteiger partial charge in [0, 0.05) is 17.4 Å². The van der Waals surface area contributed by atoms with Gasteiger partial charge in [0.1, 0.15) is 5.75 Å². The van der Waals surface area contributed by atoms with Crippen molar-refractivity contribution in [1.82, 2.24) is 4.98 Å². The van der Waals surface area contributed by atoms with Crippen molar-refractivity contribution in [3.63, 3.8) is 0 Å². The van der Waals surface area contributed by atoms with E-state index in [1.54, 1.807) is 0 Å². The van der Waals surface area contributed by atoms with E-state index in [1.807, 2.05) is 36.9 Å². The number of nitrogens with zero attached hydrogens (tertiary/aromatic N) is 1. The lowest BCUT2D eigenvalue weighted by molar-refractivity contribution is -0.115. The van der Waals surface area contributed by atoms with Crippen LogP contribution in [0.3, 0.4) is 0 Å². The molecular weight excluding hydrogens is 340 g/mol. The number of benzene rings is 1. The second-order valence-electron chi connectivity index (χ2n) is 6.01. The van der Waals surface area contributed by atoms with E-state index < -0.39 is 0 Å². The summed E-state index contributed by atoms with van der Waals surface area (Å²) in [5, 5.41) is 4.36. The molecule has 2 aromatic rings. The highest BCUT2D eigenvalue weighted by atomic mass is 32.2. The van der Waals surface area contributed by atoms with Crippen molar-refractivity contribution in [3.05, 3.63) is 18.2 Å². The fourth-order valence-electron chi connectivity index (χ4n) is 2.95. The van der Waals surface area contributed by atoms with Gasteiger partial charge in [0.2, 0.25) is 5.91 Å². The van der Waals surface area contributed by atoms with Crippen LogP contribution in [0.1, 0.15) is 45.4 Å². The van der Waals surface area contributed by atoms with Gasteiger partial charge in [-0.05, 0) is 38.0 Å². The Labute approximate surface area is 151 Å². The molecule has 3 rings (SSSR count). The van der Waals surface area contributed by atoms with Gasteiger partial charge in [0.15, 0.2) is 5.13 Å². The molecule has 1 aliphatic rings. The van der Waals surface area contributed by atoms with Crippen LogP contribution >= 0.6 is 23.1 Å². The van der Waals surface area contributed by atoms with E-state index in [2.05, 4.69) is 10.3 Å². The Bertz CT molecular complexity index is 681. The molecule has 1 fully saturated rings. The molecule has 1 N–H and O–H groups in total. The van der Waals surface area contributed by atoms with Gasteiger partial charge in [0.05, 0.1) is 16.8 Å². The number of thioether (sulfide) groups is 1. The molecule has 1 heterocycles. The van der Waals surface area contributed by atoms with Crippen LogP contribution in [0.25, 0.3) is 10.2 Å². The zero-order chi connectivity index (χ0) is 16.8. The van der Waals surface area contributed by atoms with Crippen molar-refractivity contribution in [1.29, 1.82) is 0 Å². The maximum atomic E-state index is 12.1. The molecule has 1 amide bonds. The summed E-state index contributed by atoms with van der Waals surface area (Å²) in [6.07, 6.45) is 7.25. The maximum absolute atomic E-state index is 12.1. The highest BCUT2D eigenvalue weighted by Gasteiger charge is 2.14. The van der Waals surface area contributed by atoms with Crippen LogP contribution in [-0.4, -0.2) is 28.5 Å². The molecule has 1 saturated carbocycles. The largest absolute Gasteiger partial charge is 0.494 e. The van der Waals surface area contributed by atoms with Crippen LogP contribution in [0.4, 0.5) is 5.13 Å². The second kappa shape index (κ2) is 8.72. The number of thiazole rings is 1. The van der Waals surface area contributed by atoms with Gasteiger partial charge in [-0.1, -0.05) is 30.6 Å². The average Bonchev–Trinajstić information content (AvgIpc) is 2.97. The lowest BCUT2D eigenvalue weighted by Crippen LogP contribution is -2.14. The number of amides is 1. The van der Waals surface area contributed by atoms with Gasteiger partial charge in [-0.3, -0.25) is 4.79 Å². The van der Waals surface area contributed by atoms with E-state index in [9.17, 15) is 4.79 Å². The molecule has 0 spiro atoms. The first-order valence-electron chi connectivity index (χ1n) is 8.69. The Kier molecular flexibility index (Phi) is 6.37. The molecule has 4 nitrogen and oxygen atoms in total. The van der Waals surface area contributed by atoms with E-state index in [-0.39, 0.29) is 5.91 Å². The van der Waals surface area contributed by atoms with Gasteiger partial charge in [-0.15, -0.1) is 0 Å². The SMILES string of the molecule is CCOc1ccc2nc(NC(=O)CCSC3CCCCC3)sc2c1. The van der Waals surface area contributed by atoms with E-state index >= 15 is 0 Å². The molecule has 0 bridgehead atoms. The van der Waals surface area contributed by atoms with Crippen molar-refractivity contribution in [2.45, 2.75) is 50.7 Å². The third kappa shape index (κ3) is 4.86. The Morgan fingerprint density at radius 1 is 1.38 bits per heavy atom. The molecule has 1 aromatic carbocycles. The molecule has 0 unspecified atom stereocenters. The van der Waals surface area contributed by atoms with Gasteiger partial charge in [-0.2, -0.15) is 11.8 Å². The minimum Gasteiger partial charge on any atom is -0.494 e. The molecular formula is C18H24N2O2S2. The Morgan fingerprint density at radius 2 is 2.21 bits per heavy atom. The molecule has 1 aliphatic carbocycles. The summed E-state index contributed by atoms with van der Waals surface area (Å²) >= 11 is 3.45. The predicted octanol–water partition coefficient (Wildman–Crippen LogP) is 5.09. The van der Waals surface area contributed by atoms with Gasteiger partial charge in [-0.25, -0.2) is 4.98 Å². The first-order chi connectivity index (χ1) is 11.7. The number of fused-ring (bicyclic) bond motifs is 1. The number of hydrogen-bond acceptors (Lipinski definition) is 5. The van der Waals surface area contributed by atoms with Crippen molar-refractivity contribution in [2.24, 2.45) is 0 Å². The number of aromatic nitrogens is 1. The van der Waals surface area contributed by atoms with Crippen LogP contribution in [0.5, 0.6) is 5.75 Å². The summed E-state index contributed by atoms with van der Waals surface area (Å²) in [5.41, 5.74) is 0.898. The first kappa shape index (κ1) is 17.5. The summed E-state index contributed by atoms with van der Waals surface area (Å²) in [4.78, 5) is 16.6. The third-order valence-electron chi connectivity index (χ3n) is 4.15. The normalized spacial score (nSPS) is 15.5. The Morgan fingerprint density at radius 3 is 3.00 bits per heavy atom. The van der Waals surface area contributed by atoms with Crippen LogP contribution in [0.2, 0.25) is 0 Å². The first-order valence-corrected chi connectivity index (χ1v) is 10.6. The molecule has 130 valence electrons. The summed E-state index contributed by atoms with van der Waals surface area (Å²) < 4.78 is 6.54. The zero-order valence-electron chi connectivity index (χ0n) is 14.0. The van der Waals surface area contributed by atoms with E-state index in [4.69, 9.17) is 4.74 Å². The number of rotatable bonds is 7. The Hall–Kier alpha value is -1.27. The van der Waals surface area contributed by atoms with Crippen molar-refractivity contribution in [3.8, 4) is 5.75 Å². The number of carbonyl (C=O) groups excluding carboxylic acids is 1. The van der Waals surface area contributed by atoms with Crippen LogP contribution in [0.15, 0.2) is 18.2 Å². The van der Waals surface area contributed by atoms with Crippen molar-refractivity contribution in [2.75, 3.05) is 17.7 Å². The topological polar surface area (TPSA) is 51.2 Å². The monoisotopic (exact) mass is 364 g/mol. The van der Waals surface area contributed by atoms with Crippen molar-refractivity contribution >= 4 is 44.4 Å². The number of hydrogen-bond donors (Lipinski definition) is 1. The fourth-order valence-corrected chi connectivity index (χ4v) is 5.16. The summed E-state index contributed by atoms with van der Waals surface area (Å²) in [7, 11) is 0. The van der Waals surface area contributed by atoms with Crippen molar-refractivity contribution < 1.29 is 9.53 Å². The summed E-state index contributed by atoms with van der Waals surface area (Å²) in [6, 6.07) is 5.83. The number of ether oxygens (including phenoxy) is 1. The van der Waals surface area contributed by atoms with E-state index in [1.165, 1.54) is 43.4 Å². The molecule has 1 aromatic heterocycles. The summed E-state index contributed by atoms with van der Waals surface area (Å²) in [6.45, 7) is 2.61. The van der Waals surface area contributed by atoms with Crippen LogP contribution in [-0.2, 0) is 4.79 Å². The van der Waals surface area contributed by atoms with Gasteiger partial charge >= 0.3 is 0 Å². The number of carbonyl (C=O) groups is 1. The standard InChI is InChI=1S/C18H24N2O2S2/c1-2-22-13-8-9-15-16(12-13)24-18(19-15)20-17(21)10-11-23-14-6-4-3-5-7-14/h8-9,12,14H,2-7,10-11H2,1H3,(H,19,20,21). The predicted molar refractivity (Wildman–Crippen MR) is 103 cm³/mol. The van der Waals surface area contributed by atoms with E-state index in [0.29, 0.717) is 18.2 Å². The highest BCUT2D eigenvalue weighted by Crippen LogP contribution is 2.30. The van der Waals surface area contributed by atoms with Gasteiger partial charge in [0.25, 0.3) is 0 Å².